The van der Waals surface area contributed by atoms with Gasteiger partial charge in [-0.2, -0.15) is 0 Å². The maximum absolute atomic E-state index is 12.9. The number of ether oxygens (including phenoxy) is 3. The van der Waals surface area contributed by atoms with Gasteiger partial charge in [-0.25, -0.2) is 4.79 Å². The van der Waals surface area contributed by atoms with E-state index in [-0.39, 0.29) is 21.2 Å². The van der Waals surface area contributed by atoms with Crippen LogP contribution in [0, 0.1) is 3.57 Å². The molecule has 0 aromatic heterocycles. The Kier molecular flexibility index (Phi) is 9.71. The number of carbonyl (C=O) groups is 4. The lowest BCUT2D eigenvalue weighted by Gasteiger charge is -2.13. The molecular weight excluding hydrogens is 671 g/mol. The Morgan fingerprint density at radius 1 is 1.02 bits per heavy atom. The van der Waals surface area contributed by atoms with Crippen LogP contribution in [0.4, 0.5) is 10.5 Å². The maximum atomic E-state index is 12.9. The number of esters is 1. The lowest BCUT2D eigenvalue weighted by atomic mass is 10.1. The molecule has 0 spiro atoms. The molecule has 1 fully saturated rings. The number of nitrogens with zero attached hydrogens (tertiary/aromatic N) is 1. The number of hydrogen-bond acceptors (Lipinski definition) is 8. The molecule has 1 saturated heterocycles. The highest BCUT2D eigenvalue weighted by atomic mass is 127. The van der Waals surface area contributed by atoms with Crippen LogP contribution < -0.4 is 14.8 Å². The lowest BCUT2D eigenvalue weighted by Crippen LogP contribution is -2.36. The highest BCUT2D eigenvalue weighted by molar-refractivity contribution is 14.1. The van der Waals surface area contributed by atoms with Crippen LogP contribution in [0.2, 0.25) is 5.02 Å². The molecule has 0 saturated carbocycles. The van der Waals surface area contributed by atoms with Crippen LogP contribution in [0.3, 0.4) is 0 Å². The standard InChI is InChI=1S/C28H22ClIN2O7S/c1-37-23-11-17(5-10-22(23)39-15-16-3-6-18(30)7-4-16)12-24-26(34)32(28(36)40-24)14-25(33)31-19-8-9-21(29)20(13-19)27(35)38-2/h3-13H,14-15H2,1-2H3,(H,31,33)/b24-12-. The van der Waals surface area contributed by atoms with Crippen LogP contribution in [-0.2, 0) is 20.9 Å². The second kappa shape index (κ2) is 13.2. The highest BCUT2D eigenvalue weighted by Crippen LogP contribution is 2.35. The second-order valence-corrected chi connectivity index (χ2v) is 11.0. The zero-order chi connectivity index (χ0) is 28.8. The average molecular weight is 693 g/mol. The molecule has 9 nitrogen and oxygen atoms in total. The number of thioether (sulfide) groups is 1. The van der Waals surface area contributed by atoms with E-state index in [9.17, 15) is 19.2 Å². The molecule has 0 bridgehead atoms. The minimum absolute atomic E-state index is 0.0674. The minimum Gasteiger partial charge on any atom is -0.493 e. The molecule has 3 amide bonds. The van der Waals surface area contributed by atoms with Crippen LogP contribution in [-0.4, -0.2) is 48.7 Å². The highest BCUT2D eigenvalue weighted by Gasteiger charge is 2.36. The maximum Gasteiger partial charge on any atom is 0.339 e. The Bertz CT molecular complexity index is 1510. The van der Waals surface area contributed by atoms with Gasteiger partial charge in [0.1, 0.15) is 13.2 Å². The molecular formula is C28H22ClIN2O7S. The molecule has 1 N–H and O–H groups in total. The molecule has 12 heteroatoms. The predicted octanol–water partition coefficient (Wildman–Crippen LogP) is 5.99. The van der Waals surface area contributed by atoms with E-state index in [0.717, 1.165) is 25.8 Å². The van der Waals surface area contributed by atoms with Gasteiger partial charge in [-0.05, 0) is 94.0 Å². The van der Waals surface area contributed by atoms with Crippen LogP contribution in [0.25, 0.3) is 6.08 Å². The zero-order valence-electron chi connectivity index (χ0n) is 21.2. The van der Waals surface area contributed by atoms with Gasteiger partial charge in [-0.15, -0.1) is 0 Å². The summed E-state index contributed by atoms with van der Waals surface area (Å²) in [4.78, 5) is 50.9. The number of imide groups is 1. The van der Waals surface area contributed by atoms with Crippen molar-refractivity contribution in [2.75, 3.05) is 26.1 Å². The van der Waals surface area contributed by atoms with E-state index in [1.807, 2.05) is 24.3 Å². The number of anilines is 1. The quantitative estimate of drug-likeness (QED) is 0.165. The fraction of sp³-hybridized carbons (Fsp3) is 0.143. The Morgan fingerprint density at radius 2 is 1.77 bits per heavy atom. The number of carbonyl (C=O) groups excluding carboxylic acids is 4. The molecule has 0 aliphatic carbocycles. The van der Waals surface area contributed by atoms with E-state index in [0.29, 0.717) is 23.7 Å². The average Bonchev–Trinajstić information content (AvgIpc) is 3.20. The number of amides is 3. The van der Waals surface area contributed by atoms with Crippen molar-refractivity contribution in [2.45, 2.75) is 6.61 Å². The number of hydrogen-bond donors (Lipinski definition) is 1. The molecule has 1 aliphatic rings. The normalized spacial score (nSPS) is 13.9. The minimum atomic E-state index is -0.667. The SMILES string of the molecule is COC(=O)c1cc(NC(=O)CN2C(=O)S/C(=C\c3ccc(OCc4ccc(I)cc4)c(OC)c3)C2=O)ccc1Cl. The van der Waals surface area contributed by atoms with Gasteiger partial charge < -0.3 is 19.5 Å². The molecule has 3 aromatic rings. The summed E-state index contributed by atoms with van der Waals surface area (Å²) < 4.78 is 17.2. The second-order valence-electron chi connectivity index (χ2n) is 8.33. The largest absolute Gasteiger partial charge is 0.493 e. The third-order valence-corrected chi connectivity index (χ3v) is 7.58. The van der Waals surface area contributed by atoms with E-state index >= 15 is 0 Å². The Balaban J connectivity index is 1.42. The summed E-state index contributed by atoms with van der Waals surface area (Å²) in [6.07, 6.45) is 1.55. The molecule has 206 valence electrons. The number of methoxy groups -OCH3 is 2. The first kappa shape index (κ1) is 29.4. The monoisotopic (exact) mass is 692 g/mol. The first-order valence-electron chi connectivity index (χ1n) is 11.7. The van der Waals surface area contributed by atoms with Crippen molar-refractivity contribution in [2.24, 2.45) is 0 Å². The smallest absolute Gasteiger partial charge is 0.339 e. The first-order chi connectivity index (χ1) is 19.2. The van der Waals surface area contributed by atoms with E-state index in [4.69, 9.17) is 21.1 Å². The summed E-state index contributed by atoms with van der Waals surface area (Å²) in [5.41, 5.74) is 1.95. The third kappa shape index (κ3) is 7.14. The molecule has 1 aliphatic heterocycles. The van der Waals surface area contributed by atoms with Crippen molar-refractivity contribution in [1.82, 2.24) is 4.90 Å². The van der Waals surface area contributed by atoms with Gasteiger partial charge in [0.05, 0.1) is 29.7 Å². The summed E-state index contributed by atoms with van der Waals surface area (Å²) in [7, 11) is 2.72. The molecule has 0 unspecified atom stereocenters. The number of nitrogens with one attached hydrogen (secondary N) is 1. The van der Waals surface area contributed by atoms with Crippen molar-refractivity contribution in [3.63, 3.8) is 0 Å². The summed E-state index contributed by atoms with van der Waals surface area (Å²) in [6, 6.07) is 17.4. The van der Waals surface area contributed by atoms with Gasteiger partial charge in [-0.1, -0.05) is 29.8 Å². The summed E-state index contributed by atoms with van der Waals surface area (Å²) in [5, 5.41) is 2.13. The van der Waals surface area contributed by atoms with Crippen molar-refractivity contribution >= 4 is 80.7 Å². The molecule has 0 atom stereocenters. The number of rotatable bonds is 9. The summed E-state index contributed by atoms with van der Waals surface area (Å²) >= 11 is 8.97. The molecule has 3 aromatic carbocycles. The van der Waals surface area contributed by atoms with Crippen LogP contribution in [0.15, 0.2) is 65.6 Å². The number of benzene rings is 3. The predicted molar refractivity (Wildman–Crippen MR) is 161 cm³/mol. The third-order valence-electron chi connectivity index (χ3n) is 5.62. The van der Waals surface area contributed by atoms with Gasteiger partial charge in [0.2, 0.25) is 5.91 Å². The molecule has 0 radical (unpaired) electrons. The topological polar surface area (TPSA) is 111 Å². The van der Waals surface area contributed by atoms with Crippen molar-refractivity contribution < 1.29 is 33.4 Å². The van der Waals surface area contributed by atoms with Gasteiger partial charge in [0.25, 0.3) is 11.1 Å². The summed E-state index contributed by atoms with van der Waals surface area (Å²) in [5.74, 6) is -0.903. The fourth-order valence-corrected chi connectivity index (χ4v) is 5.03. The van der Waals surface area contributed by atoms with Crippen LogP contribution >= 0.6 is 46.0 Å². The first-order valence-corrected chi connectivity index (χ1v) is 13.9. The van der Waals surface area contributed by atoms with Crippen LogP contribution in [0.5, 0.6) is 11.5 Å². The van der Waals surface area contributed by atoms with Crippen molar-refractivity contribution in [1.29, 1.82) is 0 Å². The molecule has 40 heavy (non-hydrogen) atoms. The van der Waals surface area contributed by atoms with Crippen LogP contribution in [0.1, 0.15) is 21.5 Å². The molecule has 1 heterocycles. The van der Waals surface area contributed by atoms with Gasteiger partial charge in [0, 0.05) is 9.26 Å². The Morgan fingerprint density at radius 3 is 2.48 bits per heavy atom. The number of halogens is 2. The van der Waals surface area contributed by atoms with Gasteiger partial charge in [0.15, 0.2) is 11.5 Å². The Hall–Kier alpha value is -3.55. The fourth-order valence-electron chi connectivity index (χ4n) is 3.64. The van der Waals surface area contributed by atoms with E-state index in [1.54, 1.807) is 24.3 Å². The summed E-state index contributed by atoms with van der Waals surface area (Å²) in [6.45, 7) is -0.152. The van der Waals surface area contributed by atoms with E-state index in [1.165, 1.54) is 32.4 Å². The Labute approximate surface area is 252 Å². The lowest BCUT2D eigenvalue weighted by molar-refractivity contribution is -0.127. The van der Waals surface area contributed by atoms with Crippen molar-refractivity contribution in [3.05, 3.63) is 90.9 Å². The molecule has 4 rings (SSSR count). The van der Waals surface area contributed by atoms with E-state index in [2.05, 4.69) is 32.6 Å². The van der Waals surface area contributed by atoms with E-state index < -0.39 is 29.6 Å². The zero-order valence-corrected chi connectivity index (χ0v) is 25.0. The van der Waals surface area contributed by atoms with Gasteiger partial charge >= 0.3 is 5.97 Å². The van der Waals surface area contributed by atoms with Crippen molar-refractivity contribution in [3.8, 4) is 11.5 Å². The van der Waals surface area contributed by atoms with Gasteiger partial charge in [-0.3, -0.25) is 19.3 Å².